The third-order valence-corrected chi connectivity index (χ3v) is 6.47. The number of benzene rings is 2. The topological polar surface area (TPSA) is 97.0 Å². The van der Waals surface area contributed by atoms with Crippen LogP contribution < -0.4 is 4.74 Å². The number of methoxy groups -OCH3 is 1. The molecule has 0 aliphatic carbocycles. The number of ether oxygens (including phenoxy) is 3. The van der Waals surface area contributed by atoms with Crippen molar-refractivity contribution in [3.05, 3.63) is 83.9 Å². The number of imidazole rings is 2. The maximum Gasteiger partial charge on any atom is 0.513 e. The van der Waals surface area contributed by atoms with Crippen molar-refractivity contribution in [3.8, 4) is 17.0 Å². The van der Waals surface area contributed by atoms with Crippen LogP contribution in [0.4, 0.5) is 4.79 Å². The summed E-state index contributed by atoms with van der Waals surface area (Å²) in [5.74, 6) is 0.851. The van der Waals surface area contributed by atoms with Crippen LogP contribution in [0.25, 0.3) is 27.9 Å². The van der Waals surface area contributed by atoms with Crippen LogP contribution in [0.3, 0.4) is 0 Å². The van der Waals surface area contributed by atoms with Crippen molar-refractivity contribution in [1.29, 1.82) is 0 Å². The van der Waals surface area contributed by atoms with Gasteiger partial charge in [-0.05, 0) is 43.2 Å². The molecule has 0 aliphatic heterocycles. The number of para-hydroxylation sites is 1. The zero-order valence-electron chi connectivity index (χ0n) is 22.2. The van der Waals surface area contributed by atoms with E-state index in [9.17, 15) is 9.59 Å². The summed E-state index contributed by atoms with van der Waals surface area (Å²) >= 11 is 0. The number of rotatable bonds is 9. The van der Waals surface area contributed by atoms with E-state index in [1.165, 1.54) is 7.11 Å². The minimum absolute atomic E-state index is 0.266. The fourth-order valence-corrected chi connectivity index (χ4v) is 4.67. The van der Waals surface area contributed by atoms with Crippen molar-refractivity contribution < 1.29 is 23.8 Å². The summed E-state index contributed by atoms with van der Waals surface area (Å²) < 4.78 is 19.4. The van der Waals surface area contributed by atoms with E-state index in [1.807, 2.05) is 54.7 Å². The first kappa shape index (κ1) is 26.0. The Morgan fingerprint density at radius 3 is 2.54 bits per heavy atom. The number of carbonyl (C=O) groups is 2. The second-order valence-electron chi connectivity index (χ2n) is 9.06. The number of aromatic nitrogens is 4. The second kappa shape index (κ2) is 11.4. The molecular weight excluding hydrogens is 496 g/mol. The predicted molar refractivity (Wildman–Crippen MR) is 147 cm³/mol. The van der Waals surface area contributed by atoms with Gasteiger partial charge in [0.1, 0.15) is 22.7 Å². The van der Waals surface area contributed by atoms with Crippen LogP contribution >= 0.6 is 0 Å². The lowest BCUT2D eigenvalue weighted by molar-refractivity contribution is 0.0519. The number of aryl methyl sites for hydroxylation is 1. The van der Waals surface area contributed by atoms with Gasteiger partial charge in [-0.25, -0.2) is 19.6 Å². The number of hydrogen-bond acceptors (Lipinski definition) is 7. The molecule has 9 nitrogen and oxygen atoms in total. The molecular formula is C30H30N4O5. The van der Waals surface area contributed by atoms with Crippen molar-refractivity contribution >= 4 is 28.8 Å². The lowest BCUT2D eigenvalue weighted by Crippen LogP contribution is -2.11. The van der Waals surface area contributed by atoms with Gasteiger partial charge < -0.3 is 18.8 Å². The van der Waals surface area contributed by atoms with Crippen molar-refractivity contribution in [3.63, 3.8) is 0 Å². The maximum absolute atomic E-state index is 12.9. The molecule has 0 saturated carbocycles. The van der Waals surface area contributed by atoms with Crippen molar-refractivity contribution in [1.82, 2.24) is 18.9 Å². The highest BCUT2D eigenvalue weighted by atomic mass is 16.7. The van der Waals surface area contributed by atoms with Gasteiger partial charge in [-0.3, -0.25) is 4.40 Å². The van der Waals surface area contributed by atoms with E-state index in [4.69, 9.17) is 24.2 Å². The zero-order valence-corrected chi connectivity index (χ0v) is 22.2. The van der Waals surface area contributed by atoms with Gasteiger partial charge in [-0.15, -0.1) is 0 Å². The average Bonchev–Trinajstić information content (AvgIpc) is 3.51. The van der Waals surface area contributed by atoms with Gasteiger partial charge in [-0.1, -0.05) is 49.7 Å². The fraction of sp³-hybridized carbons (Fsp3) is 0.267. The maximum atomic E-state index is 12.9. The Hall–Kier alpha value is -4.66. The Morgan fingerprint density at radius 1 is 0.974 bits per heavy atom. The molecule has 0 atom stereocenters. The number of fused-ring (bicyclic) bond motifs is 2. The summed E-state index contributed by atoms with van der Waals surface area (Å²) in [6.07, 6.45) is 3.82. The number of pyridine rings is 1. The summed E-state index contributed by atoms with van der Waals surface area (Å²) in [6, 6.07) is 18.9. The van der Waals surface area contributed by atoms with Gasteiger partial charge in [-0.2, -0.15) is 0 Å². The Bertz CT molecular complexity index is 1640. The Labute approximate surface area is 226 Å². The zero-order chi connectivity index (χ0) is 27.4. The highest BCUT2D eigenvalue weighted by Crippen LogP contribution is 2.30. The van der Waals surface area contributed by atoms with E-state index >= 15 is 0 Å². The summed E-state index contributed by atoms with van der Waals surface area (Å²) in [7, 11) is 1.28. The smallest absolute Gasteiger partial charge is 0.461 e. The van der Waals surface area contributed by atoms with Crippen molar-refractivity contribution in [2.75, 3.05) is 13.7 Å². The molecule has 0 fully saturated rings. The summed E-state index contributed by atoms with van der Waals surface area (Å²) in [5.41, 5.74) is 4.81. The molecule has 39 heavy (non-hydrogen) atoms. The van der Waals surface area contributed by atoms with Gasteiger partial charge in [0, 0.05) is 24.7 Å². The van der Waals surface area contributed by atoms with Crippen molar-refractivity contribution in [2.24, 2.45) is 0 Å². The van der Waals surface area contributed by atoms with Gasteiger partial charge in [0.15, 0.2) is 11.4 Å². The van der Waals surface area contributed by atoms with Gasteiger partial charge >= 0.3 is 12.1 Å². The molecule has 0 bridgehead atoms. The minimum atomic E-state index is -0.788. The summed E-state index contributed by atoms with van der Waals surface area (Å²) in [5, 5.41) is 0. The highest BCUT2D eigenvalue weighted by Gasteiger charge is 2.23. The Kier molecular flexibility index (Phi) is 7.58. The minimum Gasteiger partial charge on any atom is -0.461 e. The lowest BCUT2D eigenvalue weighted by atomic mass is 10.1. The third kappa shape index (κ3) is 5.20. The normalized spacial score (nSPS) is 11.2. The number of nitrogens with zero attached hydrogens (tertiary/aromatic N) is 4. The fourth-order valence-electron chi connectivity index (χ4n) is 4.67. The largest absolute Gasteiger partial charge is 0.513 e. The van der Waals surface area contributed by atoms with Crippen LogP contribution in [-0.4, -0.2) is 44.8 Å². The van der Waals surface area contributed by atoms with Gasteiger partial charge in [0.05, 0.1) is 19.2 Å². The highest BCUT2D eigenvalue weighted by molar-refractivity contribution is 5.96. The van der Waals surface area contributed by atoms with E-state index in [1.54, 1.807) is 23.5 Å². The van der Waals surface area contributed by atoms with E-state index < -0.39 is 12.1 Å². The molecule has 2 aromatic carbocycles. The molecule has 0 spiro atoms. The van der Waals surface area contributed by atoms with Crippen LogP contribution in [0.2, 0.25) is 0 Å². The number of esters is 1. The predicted octanol–water partition coefficient (Wildman–Crippen LogP) is 6.06. The standard InChI is InChI=1S/C30H30N4O5/c1-4-6-15-24-31-22-13-10-14-23(39-30(36)37-3)27(22)34(24)19-20-16-17-33-25(18-20)32-26(21-11-8-7-9-12-21)28(33)29(35)38-5-2/h7-14,16-18H,4-6,15,19H2,1-3H3. The van der Waals surface area contributed by atoms with Crippen molar-refractivity contribution in [2.45, 2.75) is 39.7 Å². The summed E-state index contributed by atoms with van der Waals surface area (Å²) in [4.78, 5) is 34.6. The molecule has 200 valence electrons. The van der Waals surface area contributed by atoms with Crippen LogP contribution in [0.5, 0.6) is 5.75 Å². The van der Waals surface area contributed by atoms with Gasteiger partial charge in [0.2, 0.25) is 0 Å². The average molecular weight is 527 g/mol. The Morgan fingerprint density at radius 2 is 1.79 bits per heavy atom. The van der Waals surface area contributed by atoms with Crippen LogP contribution in [0, 0.1) is 0 Å². The quantitative estimate of drug-likeness (QED) is 0.170. The molecule has 0 radical (unpaired) electrons. The number of hydrogen-bond donors (Lipinski definition) is 0. The molecule has 0 saturated heterocycles. The molecule has 5 aromatic rings. The van der Waals surface area contributed by atoms with Gasteiger partial charge in [0.25, 0.3) is 0 Å². The monoisotopic (exact) mass is 526 g/mol. The molecule has 0 aliphatic rings. The van der Waals surface area contributed by atoms with E-state index in [-0.39, 0.29) is 6.61 Å². The SMILES string of the molecule is CCCCc1nc2cccc(OC(=O)OC)c2n1Cc1ccn2c(C(=O)OCC)c(-c3ccccc3)nc2c1. The molecule has 5 rings (SSSR count). The molecule has 0 unspecified atom stereocenters. The lowest BCUT2D eigenvalue weighted by Gasteiger charge is -2.12. The first-order valence-electron chi connectivity index (χ1n) is 13.0. The first-order valence-corrected chi connectivity index (χ1v) is 13.0. The Balaban J connectivity index is 1.61. The van der Waals surface area contributed by atoms with E-state index in [0.29, 0.717) is 29.3 Å². The molecule has 9 heteroatoms. The third-order valence-electron chi connectivity index (χ3n) is 6.47. The molecule has 3 aromatic heterocycles. The second-order valence-corrected chi connectivity index (χ2v) is 9.06. The number of carbonyl (C=O) groups excluding carboxylic acids is 2. The first-order chi connectivity index (χ1) is 19.0. The van der Waals surface area contributed by atoms with Crippen LogP contribution in [0.15, 0.2) is 66.9 Å². The van der Waals surface area contributed by atoms with Crippen LogP contribution in [0.1, 0.15) is 48.6 Å². The number of unbranched alkanes of at least 4 members (excludes halogenated alkanes) is 1. The summed E-state index contributed by atoms with van der Waals surface area (Å²) in [6.45, 7) is 4.65. The van der Waals surface area contributed by atoms with E-state index in [0.717, 1.165) is 47.2 Å². The van der Waals surface area contributed by atoms with Crippen LogP contribution in [-0.2, 0) is 22.4 Å². The molecule has 3 heterocycles. The molecule has 0 N–H and O–H groups in total. The molecule has 0 amide bonds. The van der Waals surface area contributed by atoms with E-state index in [2.05, 4.69) is 11.5 Å².